The monoisotopic (exact) mass is 291 g/mol. The molecule has 0 radical (unpaired) electrons. The average molecular weight is 291 g/mol. The lowest BCUT2D eigenvalue weighted by Gasteiger charge is -2.28. The van der Waals surface area contributed by atoms with Gasteiger partial charge in [-0.25, -0.2) is 17.6 Å². The van der Waals surface area contributed by atoms with Crippen LogP contribution in [0.25, 0.3) is 0 Å². The highest BCUT2D eigenvalue weighted by Gasteiger charge is 2.28. The second-order valence-electron chi connectivity index (χ2n) is 4.78. The highest BCUT2D eigenvalue weighted by molar-refractivity contribution is 5.94. The Hall–Kier alpha value is -1.63. The molecule has 7 heteroatoms. The largest absolute Gasteiger partial charge is 0.391 e. The molecule has 0 unspecified atom stereocenters. The molecule has 110 valence electrons. The van der Waals surface area contributed by atoms with Gasteiger partial charge in [0.15, 0.2) is 23.3 Å². The highest BCUT2D eigenvalue weighted by Crippen LogP contribution is 2.21. The maximum Gasteiger partial charge on any atom is 0.254 e. The van der Waals surface area contributed by atoms with Gasteiger partial charge in [0.1, 0.15) is 0 Å². The van der Waals surface area contributed by atoms with E-state index in [1.807, 2.05) is 0 Å². The summed E-state index contributed by atoms with van der Waals surface area (Å²) in [5.74, 6) is -8.45. The predicted molar refractivity (Wildman–Crippen MR) is 62.0 cm³/mol. The zero-order chi connectivity index (χ0) is 14.9. The standard InChI is InChI=1S/C13H13F4NO2/c14-7-5-6(10(15)12(17)11(7)16)13(20)18-8-3-1-2-4-9(8)19/h5,8-9,19H,1-4H2,(H,18,20)/t8-,9-/m0/s1. The van der Waals surface area contributed by atoms with Crippen molar-refractivity contribution in [2.75, 3.05) is 0 Å². The molecule has 0 saturated heterocycles. The van der Waals surface area contributed by atoms with Gasteiger partial charge >= 0.3 is 0 Å². The number of aliphatic hydroxyl groups is 1. The minimum absolute atomic E-state index is 0.304. The number of amides is 1. The summed E-state index contributed by atoms with van der Waals surface area (Å²) < 4.78 is 52.3. The van der Waals surface area contributed by atoms with Crippen molar-refractivity contribution in [3.8, 4) is 0 Å². The summed E-state index contributed by atoms with van der Waals surface area (Å²) in [7, 11) is 0. The van der Waals surface area contributed by atoms with E-state index in [4.69, 9.17) is 0 Å². The van der Waals surface area contributed by atoms with Crippen LogP contribution in [-0.4, -0.2) is 23.2 Å². The summed E-state index contributed by atoms with van der Waals surface area (Å²) >= 11 is 0. The number of carbonyl (C=O) groups excluding carboxylic acids is 1. The lowest BCUT2D eigenvalue weighted by atomic mass is 9.92. The number of aliphatic hydroxyl groups excluding tert-OH is 1. The van der Waals surface area contributed by atoms with Crippen molar-refractivity contribution in [1.82, 2.24) is 5.32 Å². The molecule has 1 amide bonds. The molecule has 0 aliphatic heterocycles. The SMILES string of the molecule is O=C(N[C@H]1CCCC[C@@H]1O)c1cc(F)c(F)c(F)c1F. The number of hydrogen-bond donors (Lipinski definition) is 2. The topological polar surface area (TPSA) is 49.3 Å². The van der Waals surface area contributed by atoms with E-state index < -0.39 is 46.9 Å². The summed E-state index contributed by atoms with van der Waals surface area (Å²) in [4.78, 5) is 11.8. The Bertz CT molecular complexity index is 536. The van der Waals surface area contributed by atoms with Crippen LogP contribution < -0.4 is 5.32 Å². The molecule has 1 aliphatic rings. The Kier molecular flexibility index (Phi) is 4.27. The fraction of sp³-hybridized carbons (Fsp3) is 0.462. The second-order valence-corrected chi connectivity index (χ2v) is 4.78. The van der Waals surface area contributed by atoms with Crippen molar-refractivity contribution in [3.05, 3.63) is 34.9 Å². The van der Waals surface area contributed by atoms with Crippen molar-refractivity contribution < 1.29 is 27.5 Å². The third-order valence-corrected chi connectivity index (χ3v) is 3.39. The van der Waals surface area contributed by atoms with Gasteiger partial charge in [0.05, 0.1) is 17.7 Å². The first-order valence-corrected chi connectivity index (χ1v) is 6.23. The van der Waals surface area contributed by atoms with Gasteiger partial charge in [-0.2, -0.15) is 0 Å². The van der Waals surface area contributed by atoms with Crippen LogP contribution in [0.2, 0.25) is 0 Å². The van der Waals surface area contributed by atoms with Gasteiger partial charge in [-0.3, -0.25) is 4.79 Å². The number of nitrogens with one attached hydrogen (secondary N) is 1. The van der Waals surface area contributed by atoms with Crippen LogP contribution in [0.4, 0.5) is 17.6 Å². The molecule has 0 bridgehead atoms. The first-order valence-electron chi connectivity index (χ1n) is 6.23. The second kappa shape index (κ2) is 5.78. The molecule has 1 saturated carbocycles. The van der Waals surface area contributed by atoms with Crippen LogP contribution in [0.1, 0.15) is 36.0 Å². The van der Waals surface area contributed by atoms with Crippen LogP contribution in [0.5, 0.6) is 0 Å². The van der Waals surface area contributed by atoms with E-state index in [-0.39, 0.29) is 0 Å². The van der Waals surface area contributed by atoms with Crippen LogP contribution in [-0.2, 0) is 0 Å². The van der Waals surface area contributed by atoms with Crippen LogP contribution in [0.15, 0.2) is 6.07 Å². The Balaban J connectivity index is 2.21. The first kappa shape index (κ1) is 14.8. The van der Waals surface area contributed by atoms with Crippen molar-refractivity contribution in [3.63, 3.8) is 0 Å². The molecule has 3 nitrogen and oxygen atoms in total. The first-order chi connectivity index (χ1) is 9.41. The molecule has 1 fully saturated rings. The minimum Gasteiger partial charge on any atom is -0.391 e. The number of halogens is 4. The van der Waals surface area contributed by atoms with Gasteiger partial charge in [-0.05, 0) is 18.9 Å². The van der Waals surface area contributed by atoms with Crippen LogP contribution in [0.3, 0.4) is 0 Å². The summed E-state index contributed by atoms with van der Waals surface area (Å²) in [6.45, 7) is 0. The van der Waals surface area contributed by atoms with Crippen molar-refractivity contribution in [2.45, 2.75) is 37.8 Å². The van der Waals surface area contributed by atoms with Gasteiger partial charge in [0.2, 0.25) is 0 Å². The van der Waals surface area contributed by atoms with Crippen molar-refractivity contribution in [1.29, 1.82) is 0 Å². The summed E-state index contributed by atoms with van der Waals surface area (Å²) in [6, 6.07) is -0.301. The number of benzene rings is 1. The molecule has 1 aromatic carbocycles. The van der Waals surface area contributed by atoms with E-state index in [0.717, 1.165) is 12.8 Å². The number of carbonyl (C=O) groups is 1. The molecule has 2 atom stereocenters. The zero-order valence-corrected chi connectivity index (χ0v) is 10.4. The van der Waals surface area contributed by atoms with Gasteiger partial charge in [-0.1, -0.05) is 12.8 Å². The van der Waals surface area contributed by atoms with E-state index in [9.17, 15) is 27.5 Å². The van der Waals surface area contributed by atoms with Gasteiger partial charge in [-0.15, -0.1) is 0 Å². The molecule has 1 aromatic rings. The fourth-order valence-corrected chi connectivity index (χ4v) is 2.26. The molecule has 0 heterocycles. The smallest absolute Gasteiger partial charge is 0.254 e. The molecule has 1 aliphatic carbocycles. The van der Waals surface area contributed by atoms with Crippen molar-refractivity contribution >= 4 is 5.91 Å². The Labute approximate surface area is 112 Å². The number of hydrogen-bond acceptors (Lipinski definition) is 2. The quantitative estimate of drug-likeness (QED) is 0.499. The van der Waals surface area contributed by atoms with E-state index in [1.165, 1.54) is 0 Å². The van der Waals surface area contributed by atoms with Gasteiger partial charge < -0.3 is 10.4 Å². The highest BCUT2D eigenvalue weighted by atomic mass is 19.2. The third-order valence-electron chi connectivity index (χ3n) is 3.39. The molecule has 2 N–H and O–H groups in total. The molecule has 0 spiro atoms. The lowest BCUT2D eigenvalue weighted by molar-refractivity contribution is 0.0713. The molecule has 20 heavy (non-hydrogen) atoms. The Morgan fingerprint density at radius 3 is 2.40 bits per heavy atom. The van der Waals surface area contributed by atoms with Crippen LogP contribution in [0, 0.1) is 23.3 Å². The normalized spacial score (nSPS) is 22.6. The minimum atomic E-state index is -2.03. The maximum atomic E-state index is 13.4. The molecular formula is C13H13F4NO2. The average Bonchev–Trinajstić information content (AvgIpc) is 2.43. The summed E-state index contributed by atoms with van der Waals surface area (Å²) in [6.07, 6.45) is 1.77. The Morgan fingerprint density at radius 1 is 1.10 bits per heavy atom. The summed E-state index contributed by atoms with van der Waals surface area (Å²) in [5, 5.41) is 12.0. The molecule has 2 rings (SSSR count). The molecular weight excluding hydrogens is 278 g/mol. The maximum absolute atomic E-state index is 13.4. The summed E-state index contributed by atoms with van der Waals surface area (Å²) in [5.41, 5.74) is -0.917. The van der Waals surface area contributed by atoms with E-state index in [1.54, 1.807) is 0 Å². The lowest BCUT2D eigenvalue weighted by Crippen LogP contribution is -2.45. The Morgan fingerprint density at radius 2 is 1.75 bits per heavy atom. The molecule has 0 aromatic heterocycles. The van der Waals surface area contributed by atoms with E-state index in [2.05, 4.69) is 5.32 Å². The van der Waals surface area contributed by atoms with Crippen LogP contribution >= 0.6 is 0 Å². The third kappa shape index (κ3) is 2.77. The van der Waals surface area contributed by atoms with Gasteiger partial charge in [0, 0.05) is 0 Å². The fourth-order valence-electron chi connectivity index (χ4n) is 2.26. The van der Waals surface area contributed by atoms with Gasteiger partial charge in [0.25, 0.3) is 5.91 Å². The predicted octanol–water partition coefficient (Wildman–Crippen LogP) is 2.28. The van der Waals surface area contributed by atoms with Crippen molar-refractivity contribution in [2.24, 2.45) is 0 Å². The zero-order valence-electron chi connectivity index (χ0n) is 10.4. The van der Waals surface area contributed by atoms with E-state index >= 15 is 0 Å². The number of rotatable bonds is 2. The van der Waals surface area contributed by atoms with E-state index in [0.29, 0.717) is 18.9 Å².